The van der Waals surface area contributed by atoms with Gasteiger partial charge >= 0.3 is 0 Å². The number of likely N-dealkylation sites (N-methyl/N-ethyl adjacent to an activating group) is 1. The number of nitrogens with one attached hydrogen (secondary N) is 2. The largest absolute Gasteiger partial charge is 0.342 e. The van der Waals surface area contributed by atoms with Crippen LogP contribution in [0.4, 0.5) is 0 Å². The molecule has 2 aliphatic heterocycles. The fourth-order valence-electron chi connectivity index (χ4n) is 5.67. The summed E-state index contributed by atoms with van der Waals surface area (Å²) in [5.41, 5.74) is -1.05. The number of rotatable bonds is 9. The summed E-state index contributed by atoms with van der Waals surface area (Å²) in [6.07, 6.45) is 7.83. The monoisotopic (exact) mass is 515 g/mol. The number of hydrogen-bond donors (Lipinski definition) is 2. The number of amides is 4. The fraction of sp³-hybridized carbons (Fsp3) is 0.692. The molecule has 3 heterocycles. The van der Waals surface area contributed by atoms with E-state index in [0.29, 0.717) is 25.6 Å². The van der Waals surface area contributed by atoms with Crippen molar-refractivity contribution in [3.8, 4) is 0 Å². The summed E-state index contributed by atoms with van der Waals surface area (Å²) in [5.74, 6) is -1.18. The molecule has 11 nitrogen and oxygen atoms in total. The highest BCUT2D eigenvalue weighted by Crippen LogP contribution is 2.40. The topological polar surface area (TPSA) is 128 Å². The zero-order valence-electron chi connectivity index (χ0n) is 22.9. The van der Waals surface area contributed by atoms with Crippen molar-refractivity contribution in [1.82, 2.24) is 35.3 Å². The van der Waals surface area contributed by atoms with Crippen LogP contribution in [-0.2, 0) is 14.4 Å². The van der Waals surface area contributed by atoms with Gasteiger partial charge in [-0.15, -0.1) is 0 Å². The van der Waals surface area contributed by atoms with Crippen LogP contribution in [-0.4, -0.2) is 98.8 Å². The van der Waals surface area contributed by atoms with Gasteiger partial charge in [-0.3, -0.25) is 29.1 Å². The molecule has 2 saturated heterocycles. The Morgan fingerprint density at radius 1 is 1.24 bits per heavy atom. The van der Waals surface area contributed by atoms with Crippen LogP contribution in [0.5, 0.6) is 0 Å². The molecule has 3 rings (SSSR count). The maximum atomic E-state index is 14.0. The predicted molar refractivity (Wildman–Crippen MR) is 138 cm³/mol. The SMILES string of the molecule is CCN(C=O)C1(N2CCC[C@H]2C)C[C@@H](C)N(C(=O)C(NC(=O)CNC(=O)c2cnccn2)C(C)(C)C)C1. The average Bonchev–Trinajstić information content (AvgIpc) is 3.45. The minimum absolute atomic E-state index is 0.104. The van der Waals surface area contributed by atoms with Gasteiger partial charge in [0.15, 0.2) is 0 Å². The van der Waals surface area contributed by atoms with E-state index >= 15 is 0 Å². The summed E-state index contributed by atoms with van der Waals surface area (Å²) in [6, 6.07) is -0.617. The van der Waals surface area contributed by atoms with E-state index in [1.54, 1.807) is 0 Å². The Kier molecular flexibility index (Phi) is 8.88. The number of aromatic nitrogens is 2. The van der Waals surface area contributed by atoms with Gasteiger partial charge in [-0.2, -0.15) is 0 Å². The standard InChI is InChI=1S/C26H41N7O4/c1-7-31(17-34)26(33-12-8-9-18(33)2)13-19(3)32(16-26)24(37)22(25(4,5)6)30-21(35)15-29-23(36)20-14-27-10-11-28-20/h10-11,14,17-19,22H,7-9,12-13,15-16H2,1-6H3,(H,29,36)(H,30,35)/t18-,19-,22?,26?/m1/s1. The van der Waals surface area contributed by atoms with Gasteiger partial charge in [-0.1, -0.05) is 20.8 Å². The van der Waals surface area contributed by atoms with Gasteiger partial charge in [-0.25, -0.2) is 4.98 Å². The highest BCUT2D eigenvalue weighted by Gasteiger charge is 2.54. The summed E-state index contributed by atoms with van der Waals surface area (Å²) in [6.45, 7) is 13.3. The van der Waals surface area contributed by atoms with Crippen LogP contribution in [0.15, 0.2) is 18.6 Å². The first-order chi connectivity index (χ1) is 17.4. The number of carbonyl (C=O) groups is 4. The highest BCUT2D eigenvalue weighted by molar-refractivity contribution is 5.95. The van der Waals surface area contributed by atoms with Crippen molar-refractivity contribution in [2.45, 2.75) is 84.6 Å². The lowest BCUT2D eigenvalue weighted by Crippen LogP contribution is -2.63. The van der Waals surface area contributed by atoms with Gasteiger partial charge in [-0.05, 0) is 39.0 Å². The average molecular weight is 516 g/mol. The fourth-order valence-corrected chi connectivity index (χ4v) is 5.67. The highest BCUT2D eigenvalue weighted by atomic mass is 16.2. The summed E-state index contributed by atoms with van der Waals surface area (Å²) < 4.78 is 0. The Morgan fingerprint density at radius 3 is 2.51 bits per heavy atom. The second-order valence-electron chi connectivity index (χ2n) is 11.2. The first kappa shape index (κ1) is 28.5. The lowest BCUT2D eigenvalue weighted by Gasteiger charge is -2.47. The Morgan fingerprint density at radius 2 is 1.97 bits per heavy atom. The third-order valence-electron chi connectivity index (χ3n) is 7.57. The van der Waals surface area contributed by atoms with Crippen LogP contribution in [0.3, 0.4) is 0 Å². The Labute approximate surface area is 219 Å². The van der Waals surface area contributed by atoms with Crippen LogP contribution in [0.1, 0.15) is 71.3 Å². The van der Waals surface area contributed by atoms with Gasteiger partial charge in [0.25, 0.3) is 5.91 Å². The normalized spacial score (nSPS) is 25.0. The van der Waals surface area contributed by atoms with E-state index in [2.05, 4.69) is 32.4 Å². The maximum Gasteiger partial charge on any atom is 0.271 e. The van der Waals surface area contributed by atoms with E-state index < -0.39 is 28.9 Å². The molecule has 0 spiro atoms. The van der Waals surface area contributed by atoms with E-state index in [4.69, 9.17) is 0 Å². The molecule has 1 aromatic heterocycles. The van der Waals surface area contributed by atoms with E-state index in [1.807, 2.05) is 44.4 Å². The van der Waals surface area contributed by atoms with Crippen molar-refractivity contribution >= 4 is 24.1 Å². The lowest BCUT2D eigenvalue weighted by atomic mass is 9.85. The van der Waals surface area contributed by atoms with Gasteiger partial charge < -0.3 is 20.4 Å². The molecule has 2 fully saturated rings. The number of likely N-dealkylation sites (tertiary alicyclic amines) is 2. The maximum absolute atomic E-state index is 14.0. The minimum atomic E-state index is -0.811. The van der Waals surface area contributed by atoms with Crippen molar-refractivity contribution in [2.24, 2.45) is 5.41 Å². The Bertz CT molecular complexity index is 983. The molecule has 2 aliphatic rings. The van der Waals surface area contributed by atoms with Crippen LogP contribution in [0.25, 0.3) is 0 Å². The Hall–Kier alpha value is -3.08. The first-order valence-corrected chi connectivity index (χ1v) is 13.1. The molecule has 0 aromatic carbocycles. The smallest absolute Gasteiger partial charge is 0.271 e. The molecule has 204 valence electrons. The summed E-state index contributed by atoms with van der Waals surface area (Å²) in [5, 5.41) is 5.37. The van der Waals surface area contributed by atoms with E-state index in [-0.39, 0.29) is 24.2 Å². The molecule has 4 atom stereocenters. The van der Waals surface area contributed by atoms with Crippen molar-refractivity contribution in [2.75, 3.05) is 26.2 Å². The van der Waals surface area contributed by atoms with Crippen LogP contribution in [0.2, 0.25) is 0 Å². The van der Waals surface area contributed by atoms with Gasteiger partial charge in [0.2, 0.25) is 18.2 Å². The third-order valence-corrected chi connectivity index (χ3v) is 7.57. The van der Waals surface area contributed by atoms with Crippen molar-refractivity contribution in [3.63, 3.8) is 0 Å². The number of hydrogen-bond acceptors (Lipinski definition) is 7. The molecule has 37 heavy (non-hydrogen) atoms. The number of nitrogens with zero attached hydrogens (tertiary/aromatic N) is 5. The zero-order valence-corrected chi connectivity index (χ0v) is 22.9. The quantitative estimate of drug-likeness (QED) is 0.470. The molecule has 0 radical (unpaired) electrons. The molecular weight excluding hydrogens is 474 g/mol. The second-order valence-corrected chi connectivity index (χ2v) is 11.2. The second kappa shape index (κ2) is 11.5. The van der Waals surface area contributed by atoms with E-state index in [1.165, 1.54) is 18.6 Å². The molecule has 0 bridgehead atoms. The molecule has 2 unspecified atom stereocenters. The lowest BCUT2D eigenvalue weighted by molar-refractivity contribution is -0.143. The van der Waals surface area contributed by atoms with E-state index in [9.17, 15) is 19.2 Å². The minimum Gasteiger partial charge on any atom is -0.342 e. The van der Waals surface area contributed by atoms with Crippen LogP contribution in [0, 0.1) is 5.41 Å². The summed E-state index contributed by atoms with van der Waals surface area (Å²) >= 11 is 0. The molecule has 4 amide bonds. The first-order valence-electron chi connectivity index (χ1n) is 13.1. The summed E-state index contributed by atoms with van der Waals surface area (Å²) in [4.78, 5) is 65.0. The van der Waals surface area contributed by atoms with Crippen LogP contribution < -0.4 is 10.6 Å². The van der Waals surface area contributed by atoms with Gasteiger partial charge in [0, 0.05) is 44.0 Å². The summed E-state index contributed by atoms with van der Waals surface area (Å²) in [7, 11) is 0. The molecule has 1 aromatic rings. The van der Waals surface area contributed by atoms with Gasteiger partial charge in [0.05, 0.1) is 19.3 Å². The molecule has 11 heteroatoms. The molecule has 2 N–H and O–H groups in total. The van der Waals surface area contributed by atoms with E-state index in [0.717, 1.165) is 25.8 Å². The van der Waals surface area contributed by atoms with Crippen molar-refractivity contribution in [1.29, 1.82) is 0 Å². The molecule has 0 saturated carbocycles. The van der Waals surface area contributed by atoms with Crippen molar-refractivity contribution in [3.05, 3.63) is 24.3 Å². The predicted octanol–water partition coefficient (Wildman–Crippen LogP) is 1.02. The van der Waals surface area contributed by atoms with Crippen LogP contribution >= 0.6 is 0 Å². The molecule has 0 aliphatic carbocycles. The zero-order chi connectivity index (χ0) is 27.4. The number of carbonyl (C=O) groups excluding carboxylic acids is 4. The Balaban J connectivity index is 1.76. The van der Waals surface area contributed by atoms with Crippen molar-refractivity contribution < 1.29 is 19.2 Å². The third kappa shape index (κ3) is 6.08. The van der Waals surface area contributed by atoms with Gasteiger partial charge in [0.1, 0.15) is 17.4 Å². The molecular formula is C26H41N7O4.